The predicted octanol–water partition coefficient (Wildman–Crippen LogP) is 0.834. The molecule has 21 nitrogen and oxygen atoms in total. The number of cyclic esters (lactones) is 1. The minimum absolute atomic E-state index is 0.0964. The summed E-state index contributed by atoms with van der Waals surface area (Å²) in [6.07, 6.45) is 4.83. The zero-order chi connectivity index (χ0) is 56.1. The van der Waals surface area contributed by atoms with Crippen LogP contribution in [0, 0.1) is 17.8 Å². The highest BCUT2D eigenvalue weighted by Gasteiger charge is 2.51. The Balaban J connectivity index is 1.59. The number of nitrogens with one attached hydrogen (secondary N) is 1. The van der Waals surface area contributed by atoms with Crippen molar-refractivity contribution in [2.45, 2.75) is 189 Å². The molecule has 4 heterocycles. The minimum atomic E-state index is -2.39. The van der Waals surface area contributed by atoms with E-state index in [0.717, 1.165) is 0 Å². The molecule has 1 aromatic heterocycles. The highest BCUT2D eigenvalue weighted by molar-refractivity contribution is 5.82. The first kappa shape index (κ1) is 63.7. The molecule has 76 heavy (non-hydrogen) atoms. The predicted molar refractivity (Wildman–Crippen MR) is 277 cm³/mol. The SMILES string of the molecule is CC1C=CC=CC=CC=CC=CC=CC=CC(OC2OC(C)C(O)C(NC(=O)C(N)Cc3cccnc3)C2O)CC2OC(O)(CC(O)CC(O)C(O)CCC(O)CC(O)CC(=O)OC(C)C(C)C1O)CC(O)C2C(=O)O. The number of nitrogens with zero attached hydrogens (tertiary/aromatic N) is 1. The third-order valence-electron chi connectivity index (χ3n) is 13.8. The van der Waals surface area contributed by atoms with Crippen LogP contribution in [0.3, 0.4) is 0 Å². The van der Waals surface area contributed by atoms with E-state index in [1.807, 2.05) is 13.0 Å². The van der Waals surface area contributed by atoms with Gasteiger partial charge in [-0.15, -0.1) is 0 Å². The number of rotatable bonds is 7. The fraction of sp³-hybridized carbons (Fsp3) is 0.600. The van der Waals surface area contributed by atoms with Crippen LogP contribution in [0.25, 0.3) is 0 Å². The van der Waals surface area contributed by atoms with Crippen molar-refractivity contribution in [2.75, 3.05) is 0 Å². The fourth-order valence-electron chi connectivity index (χ4n) is 9.24. The second-order valence-electron chi connectivity index (χ2n) is 20.2. The smallest absolute Gasteiger partial charge is 0.311 e. The second kappa shape index (κ2) is 31.5. The number of aliphatic carboxylic acids is 1. The third-order valence-corrected chi connectivity index (χ3v) is 13.8. The van der Waals surface area contributed by atoms with E-state index in [2.05, 4.69) is 10.3 Å². The summed E-state index contributed by atoms with van der Waals surface area (Å²) in [6.45, 7) is 6.68. The molecule has 20 atom stereocenters. The van der Waals surface area contributed by atoms with Gasteiger partial charge in [-0.1, -0.05) is 105 Å². The van der Waals surface area contributed by atoms with Crippen molar-refractivity contribution < 1.29 is 89.5 Å². The molecule has 2 fully saturated rings. The minimum Gasteiger partial charge on any atom is -0.481 e. The van der Waals surface area contributed by atoms with Gasteiger partial charge in [-0.3, -0.25) is 19.4 Å². The molecule has 2 bridgehead atoms. The van der Waals surface area contributed by atoms with Crippen molar-refractivity contribution in [3.63, 3.8) is 0 Å². The van der Waals surface area contributed by atoms with Gasteiger partial charge in [-0.05, 0) is 51.2 Å². The number of carbonyl (C=O) groups is 3. The van der Waals surface area contributed by atoms with Gasteiger partial charge in [0.2, 0.25) is 5.91 Å². The van der Waals surface area contributed by atoms with Gasteiger partial charge in [-0.2, -0.15) is 0 Å². The fourth-order valence-corrected chi connectivity index (χ4v) is 9.24. The van der Waals surface area contributed by atoms with Crippen LogP contribution in [0.4, 0.5) is 0 Å². The molecule has 0 saturated carbocycles. The van der Waals surface area contributed by atoms with E-state index in [1.165, 1.54) is 13.0 Å². The van der Waals surface area contributed by atoms with Gasteiger partial charge in [0.15, 0.2) is 12.1 Å². The van der Waals surface area contributed by atoms with Crippen molar-refractivity contribution in [2.24, 2.45) is 23.5 Å². The van der Waals surface area contributed by atoms with Crippen molar-refractivity contribution in [1.29, 1.82) is 0 Å². The molecule has 1 aromatic rings. The number of esters is 1. The molecule has 20 unspecified atom stereocenters. The topological polar surface area (TPSA) is 362 Å². The number of carboxylic acids is 1. The molecule has 1 amide bonds. The van der Waals surface area contributed by atoms with Gasteiger partial charge in [-0.25, -0.2) is 0 Å². The molecule has 0 spiro atoms. The number of nitrogens with two attached hydrogens (primary N) is 1. The summed E-state index contributed by atoms with van der Waals surface area (Å²) in [5.41, 5.74) is 6.86. The molecular weight excluding hydrogens is 991 g/mol. The number of allylic oxidation sites excluding steroid dienone is 12. The lowest BCUT2D eigenvalue weighted by Crippen LogP contribution is -2.65. The molecule has 424 valence electrons. The van der Waals surface area contributed by atoms with E-state index in [9.17, 15) is 70.6 Å². The van der Waals surface area contributed by atoms with E-state index >= 15 is 0 Å². The lowest BCUT2D eigenvalue weighted by molar-refractivity contribution is -0.309. The van der Waals surface area contributed by atoms with E-state index in [4.69, 9.17) is 24.7 Å². The number of aliphatic hydroxyl groups excluding tert-OH is 9. The number of pyridine rings is 1. The summed E-state index contributed by atoms with van der Waals surface area (Å²) in [4.78, 5) is 42.7. The number of hydrogen-bond acceptors (Lipinski definition) is 19. The molecule has 2 saturated heterocycles. The summed E-state index contributed by atoms with van der Waals surface area (Å²) >= 11 is 0. The number of fused-ring (bicyclic) bond motifs is 2. The average molecular weight is 1070 g/mol. The average Bonchev–Trinajstić information content (AvgIpc) is 3.34. The first-order valence-electron chi connectivity index (χ1n) is 25.9. The van der Waals surface area contributed by atoms with E-state index < -0.39 is 165 Å². The van der Waals surface area contributed by atoms with Crippen LogP contribution in [0.15, 0.2) is 110 Å². The quantitative estimate of drug-likeness (QED) is 0.168. The van der Waals surface area contributed by atoms with Gasteiger partial charge in [0, 0.05) is 49.9 Å². The first-order valence-corrected chi connectivity index (χ1v) is 25.9. The maximum Gasteiger partial charge on any atom is 0.311 e. The van der Waals surface area contributed by atoms with Gasteiger partial charge in [0.1, 0.15) is 24.2 Å². The number of aromatic nitrogens is 1. The molecule has 21 heteroatoms. The van der Waals surface area contributed by atoms with E-state index in [1.54, 1.807) is 111 Å². The molecule has 3 aliphatic heterocycles. The second-order valence-corrected chi connectivity index (χ2v) is 20.2. The van der Waals surface area contributed by atoms with Crippen molar-refractivity contribution in [1.82, 2.24) is 10.3 Å². The van der Waals surface area contributed by atoms with Crippen molar-refractivity contribution in [3.05, 3.63) is 115 Å². The standard InChI is InChI=1S/C55H81N3O18/c1-32-18-15-13-11-9-7-5-6-8-10-12-14-16-20-40(75-54-51(68)48(50(67)35(4)74-54)58-52(69)41(56)24-36-19-17-23-57-31-36)28-45-47(53(70)71)44(64)30-55(72,76-45)29-39(61)26-43(63)42(62)22-21-37(59)25-38(60)27-46(65)73-34(3)33(2)49(32)66/h5-20,23,31-35,37-45,47-51,54,59-64,66-68,72H,21-22,24-30,56H2,1-4H3,(H,58,69)(H,70,71). The molecule has 3 aliphatic rings. The zero-order valence-corrected chi connectivity index (χ0v) is 43.5. The van der Waals surface area contributed by atoms with E-state index in [-0.39, 0.29) is 31.6 Å². The van der Waals surface area contributed by atoms with E-state index in [0.29, 0.717) is 5.56 Å². The number of ether oxygens (including phenoxy) is 4. The highest BCUT2D eigenvalue weighted by Crippen LogP contribution is 2.38. The Kier molecular flexibility index (Phi) is 26.4. The number of carboxylic acid groups (broad SMARTS) is 1. The number of amides is 1. The summed E-state index contributed by atoms with van der Waals surface area (Å²) in [5, 5.41) is 123. The van der Waals surface area contributed by atoms with Gasteiger partial charge in [0.25, 0.3) is 0 Å². The van der Waals surface area contributed by atoms with Crippen LogP contribution in [-0.2, 0) is 39.8 Å². The normalized spacial score (nSPS) is 38.0. The summed E-state index contributed by atoms with van der Waals surface area (Å²) in [6, 6.07) is 0.962. The van der Waals surface area contributed by atoms with Crippen LogP contribution >= 0.6 is 0 Å². The summed E-state index contributed by atoms with van der Waals surface area (Å²) < 4.78 is 23.6. The molecule has 14 N–H and O–H groups in total. The van der Waals surface area contributed by atoms with Crippen molar-refractivity contribution >= 4 is 17.8 Å². The van der Waals surface area contributed by atoms with Gasteiger partial charge in [0.05, 0.1) is 79.5 Å². The van der Waals surface area contributed by atoms with Crippen LogP contribution in [0.1, 0.15) is 84.6 Å². The Bertz CT molecular complexity index is 2160. The maximum absolute atomic E-state index is 13.3. The summed E-state index contributed by atoms with van der Waals surface area (Å²) in [7, 11) is 0. The number of carbonyl (C=O) groups excluding carboxylic acids is 2. The Morgan fingerprint density at radius 3 is 1.97 bits per heavy atom. The molecular formula is C55H81N3O18. The van der Waals surface area contributed by atoms with Gasteiger partial charge < -0.3 is 86.2 Å². The Morgan fingerprint density at radius 2 is 1.37 bits per heavy atom. The molecule has 0 aromatic carbocycles. The van der Waals surface area contributed by atoms with Crippen LogP contribution in [-0.4, -0.2) is 183 Å². The Labute approximate surface area is 444 Å². The largest absolute Gasteiger partial charge is 0.481 e. The summed E-state index contributed by atoms with van der Waals surface area (Å²) in [5.74, 6) is -7.76. The third kappa shape index (κ3) is 20.9. The monoisotopic (exact) mass is 1070 g/mol. The lowest BCUT2D eigenvalue weighted by Gasteiger charge is -2.45. The molecule has 0 aliphatic carbocycles. The van der Waals surface area contributed by atoms with Crippen LogP contribution in [0.5, 0.6) is 0 Å². The lowest BCUT2D eigenvalue weighted by atomic mass is 9.82. The number of hydrogen-bond donors (Lipinski definition) is 13. The number of aliphatic hydroxyl groups is 10. The Hall–Kier alpha value is -4.82. The van der Waals surface area contributed by atoms with Crippen LogP contribution in [0.2, 0.25) is 0 Å². The molecule has 0 radical (unpaired) electrons. The first-order chi connectivity index (χ1) is 36.0. The van der Waals surface area contributed by atoms with Gasteiger partial charge >= 0.3 is 11.9 Å². The zero-order valence-electron chi connectivity index (χ0n) is 43.5. The van der Waals surface area contributed by atoms with Crippen LogP contribution < -0.4 is 11.1 Å². The maximum atomic E-state index is 13.3. The molecule has 4 rings (SSSR count). The Morgan fingerprint density at radius 1 is 0.750 bits per heavy atom. The van der Waals surface area contributed by atoms with Crippen molar-refractivity contribution in [3.8, 4) is 0 Å². The highest BCUT2D eigenvalue weighted by atomic mass is 16.7.